The fraction of sp³-hybridized carbons (Fsp3) is 0.267. The first kappa shape index (κ1) is 14.0. The number of carbonyl (C=O) groups excluding carboxylic acids is 1. The summed E-state index contributed by atoms with van der Waals surface area (Å²) in [5.41, 5.74) is 6.61. The molecule has 2 aromatic rings. The number of unbranched alkanes of at least 4 members (excludes halogenated alkanes) is 1. The molecule has 0 bridgehead atoms. The van der Waals surface area contributed by atoms with Crippen LogP contribution in [-0.4, -0.2) is 15.9 Å². The summed E-state index contributed by atoms with van der Waals surface area (Å²) in [6.45, 7) is 2.05. The third-order valence-electron chi connectivity index (χ3n) is 3.05. The minimum Gasteiger partial charge on any atom is -0.364 e. The maximum Gasteiger partial charge on any atom is 0.275 e. The number of nitrogens with zero attached hydrogens (tertiary/aromatic N) is 1. The Morgan fingerprint density at radius 1 is 1.30 bits per heavy atom. The topological polar surface area (TPSA) is 88.8 Å². The van der Waals surface area contributed by atoms with E-state index in [1.165, 1.54) is 0 Å². The van der Waals surface area contributed by atoms with E-state index >= 15 is 0 Å². The molecule has 0 saturated heterocycles. The van der Waals surface area contributed by atoms with Gasteiger partial charge in [0, 0.05) is 5.56 Å². The van der Waals surface area contributed by atoms with E-state index in [4.69, 9.17) is 5.73 Å². The molecule has 0 atom stereocenters. The van der Waals surface area contributed by atoms with Gasteiger partial charge in [-0.2, -0.15) is 0 Å². The van der Waals surface area contributed by atoms with Crippen molar-refractivity contribution in [3.8, 4) is 11.3 Å². The van der Waals surface area contributed by atoms with Crippen LogP contribution in [0.5, 0.6) is 0 Å². The number of primary amides is 1. The molecule has 0 aliphatic heterocycles. The van der Waals surface area contributed by atoms with Crippen LogP contribution in [0.4, 0.5) is 0 Å². The van der Waals surface area contributed by atoms with Gasteiger partial charge in [0.05, 0.1) is 5.69 Å². The molecule has 0 spiro atoms. The van der Waals surface area contributed by atoms with Gasteiger partial charge in [-0.1, -0.05) is 43.7 Å². The first-order valence-corrected chi connectivity index (χ1v) is 6.62. The quantitative estimate of drug-likeness (QED) is 0.870. The van der Waals surface area contributed by atoms with E-state index in [1.54, 1.807) is 0 Å². The Morgan fingerprint density at radius 2 is 2.00 bits per heavy atom. The molecule has 2 rings (SSSR count). The van der Waals surface area contributed by atoms with Gasteiger partial charge in [-0.3, -0.25) is 9.59 Å². The zero-order chi connectivity index (χ0) is 14.5. The van der Waals surface area contributed by atoms with Crippen LogP contribution < -0.4 is 11.3 Å². The van der Waals surface area contributed by atoms with Crippen LogP contribution in [0.1, 0.15) is 35.9 Å². The number of benzene rings is 1. The van der Waals surface area contributed by atoms with Gasteiger partial charge in [0.1, 0.15) is 11.4 Å². The van der Waals surface area contributed by atoms with Crippen LogP contribution >= 0.6 is 0 Å². The third-order valence-corrected chi connectivity index (χ3v) is 3.05. The van der Waals surface area contributed by atoms with Crippen molar-refractivity contribution in [3.05, 3.63) is 52.1 Å². The molecule has 0 fully saturated rings. The number of nitrogens with two attached hydrogens (primary N) is 1. The van der Waals surface area contributed by atoms with Gasteiger partial charge in [-0.25, -0.2) is 4.98 Å². The fourth-order valence-electron chi connectivity index (χ4n) is 2.01. The summed E-state index contributed by atoms with van der Waals surface area (Å²) in [6.07, 6.45) is 2.47. The van der Waals surface area contributed by atoms with Crippen molar-refractivity contribution in [1.29, 1.82) is 0 Å². The average molecular weight is 271 g/mol. The van der Waals surface area contributed by atoms with Crippen molar-refractivity contribution in [2.45, 2.75) is 26.2 Å². The number of amides is 1. The Balaban J connectivity index is 2.54. The van der Waals surface area contributed by atoms with Crippen molar-refractivity contribution < 1.29 is 4.79 Å². The molecular formula is C15H17N3O2. The van der Waals surface area contributed by atoms with Gasteiger partial charge in [-0.15, -0.1) is 0 Å². The molecule has 0 unspecified atom stereocenters. The van der Waals surface area contributed by atoms with E-state index in [2.05, 4.69) is 9.97 Å². The number of aryl methyl sites for hydroxylation is 1. The zero-order valence-corrected chi connectivity index (χ0v) is 11.3. The lowest BCUT2D eigenvalue weighted by Gasteiger charge is -2.08. The van der Waals surface area contributed by atoms with E-state index in [0.29, 0.717) is 17.8 Å². The maximum atomic E-state index is 12.0. The Bertz CT molecular complexity index is 663. The molecule has 0 aliphatic rings. The van der Waals surface area contributed by atoms with Gasteiger partial charge >= 0.3 is 0 Å². The summed E-state index contributed by atoms with van der Waals surface area (Å²) in [5.74, 6) is -0.652. The van der Waals surface area contributed by atoms with Crippen molar-refractivity contribution in [2.24, 2.45) is 5.73 Å². The minimum absolute atomic E-state index is 0.114. The highest BCUT2D eigenvalue weighted by Gasteiger charge is 2.15. The predicted octanol–water partition coefficient (Wildman–Crippen LogP) is 1.88. The van der Waals surface area contributed by atoms with E-state index in [-0.39, 0.29) is 5.69 Å². The number of hydrogen-bond donors (Lipinski definition) is 2. The lowest BCUT2D eigenvalue weighted by atomic mass is 10.1. The first-order valence-electron chi connectivity index (χ1n) is 6.62. The number of nitrogens with one attached hydrogen (secondary N) is 1. The maximum absolute atomic E-state index is 12.0. The summed E-state index contributed by atoms with van der Waals surface area (Å²) in [7, 11) is 0. The number of aromatic nitrogens is 2. The van der Waals surface area contributed by atoms with E-state index in [0.717, 1.165) is 18.4 Å². The van der Waals surface area contributed by atoms with Crippen LogP contribution in [0, 0.1) is 0 Å². The minimum atomic E-state index is -0.652. The molecule has 5 heteroatoms. The molecular weight excluding hydrogens is 254 g/mol. The Kier molecular flexibility index (Phi) is 4.30. The zero-order valence-electron chi connectivity index (χ0n) is 11.3. The van der Waals surface area contributed by atoms with E-state index in [1.807, 2.05) is 37.3 Å². The molecule has 3 N–H and O–H groups in total. The smallest absolute Gasteiger partial charge is 0.275 e. The van der Waals surface area contributed by atoms with Crippen LogP contribution in [0.25, 0.3) is 11.3 Å². The number of carbonyl (C=O) groups is 1. The highest BCUT2D eigenvalue weighted by molar-refractivity contribution is 5.92. The normalized spacial score (nSPS) is 10.4. The second-order valence-corrected chi connectivity index (χ2v) is 4.57. The second kappa shape index (κ2) is 6.14. The molecule has 1 aromatic carbocycles. The van der Waals surface area contributed by atoms with Gasteiger partial charge in [-0.05, 0) is 12.8 Å². The summed E-state index contributed by atoms with van der Waals surface area (Å²) < 4.78 is 0. The summed E-state index contributed by atoms with van der Waals surface area (Å²) in [5, 5.41) is 0. The standard InChI is InChI=1S/C15H17N3O2/c1-2-3-9-11-13(14(16)19)18-15(20)12(17-11)10-7-5-4-6-8-10/h4-8H,2-3,9H2,1H3,(H2,16,19)(H,18,20). The molecule has 1 amide bonds. The van der Waals surface area contributed by atoms with E-state index in [9.17, 15) is 9.59 Å². The molecule has 5 nitrogen and oxygen atoms in total. The highest BCUT2D eigenvalue weighted by atomic mass is 16.1. The first-order chi connectivity index (χ1) is 9.63. The molecule has 0 aliphatic carbocycles. The van der Waals surface area contributed by atoms with Crippen LogP contribution in [0.3, 0.4) is 0 Å². The van der Waals surface area contributed by atoms with Crippen LogP contribution in [0.2, 0.25) is 0 Å². The van der Waals surface area contributed by atoms with Crippen molar-refractivity contribution >= 4 is 5.91 Å². The molecule has 1 heterocycles. The lowest BCUT2D eigenvalue weighted by molar-refractivity contribution is 0.0994. The summed E-state index contributed by atoms with van der Waals surface area (Å²) in [6, 6.07) is 9.16. The molecule has 20 heavy (non-hydrogen) atoms. The molecule has 0 radical (unpaired) electrons. The molecule has 0 saturated carbocycles. The van der Waals surface area contributed by atoms with Crippen molar-refractivity contribution in [2.75, 3.05) is 0 Å². The highest BCUT2D eigenvalue weighted by Crippen LogP contribution is 2.14. The SMILES string of the molecule is CCCCc1nc(-c2ccccc2)c(=O)[nH]c1C(N)=O. The number of H-pyrrole nitrogens is 1. The van der Waals surface area contributed by atoms with Crippen molar-refractivity contribution in [3.63, 3.8) is 0 Å². The average Bonchev–Trinajstić information content (AvgIpc) is 2.46. The number of rotatable bonds is 5. The molecule has 1 aromatic heterocycles. The van der Waals surface area contributed by atoms with Crippen molar-refractivity contribution in [1.82, 2.24) is 9.97 Å². The second-order valence-electron chi connectivity index (χ2n) is 4.57. The van der Waals surface area contributed by atoms with Gasteiger partial charge in [0.25, 0.3) is 11.5 Å². The van der Waals surface area contributed by atoms with Gasteiger partial charge in [0.15, 0.2) is 0 Å². The molecule has 104 valence electrons. The number of hydrogen-bond acceptors (Lipinski definition) is 3. The van der Waals surface area contributed by atoms with Gasteiger partial charge in [0.2, 0.25) is 0 Å². The lowest BCUT2D eigenvalue weighted by Crippen LogP contribution is -2.24. The van der Waals surface area contributed by atoms with E-state index < -0.39 is 11.5 Å². The number of aromatic amines is 1. The van der Waals surface area contributed by atoms with Crippen LogP contribution in [0.15, 0.2) is 35.1 Å². The summed E-state index contributed by atoms with van der Waals surface area (Å²) in [4.78, 5) is 30.4. The Labute approximate surface area is 116 Å². The Hall–Kier alpha value is -2.43. The predicted molar refractivity (Wildman–Crippen MR) is 77.4 cm³/mol. The monoisotopic (exact) mass is 271 g/mol. The fourth-order valence-corrected chi connectivity index (χ4v) is 2.01. The summed E-state index contributed by atoms with van der Waals surface area (Å²) >= 11 is 0. The van der Waals surface area contributed by atoms with Crippen LogP contribution in [-0.2, 0) is 6.42 Å². The largest absolute Gasteiger partial charge is 0.364 e. The Morgan fingerprint density at radius 3 is 2.60 bits per heavy atom. The van der Waals surface area contributed by atoms with Gasteiger partial charge < -0.3 is 10.7 Å². The third kappa shape index (κ3) is 2.93.